The number of urea groups is 1. The molecule has 0 radical (unpaired) electrons. The molecule has 0 atom stereocenters. The summed E-state index contributed by atoms with van der Waals surface area (Å²) in [7, 11) is 0. The van der Waals surface area contributed by atoms with Gasteiger partial charge in [-0.15, -0.1) is 0 Å². The van der Waals surface area contributed by atoms with Crippen molar-refractivity contribution in [2.75, 3.05) is 35.2 Å². The minimum absolute atomic E-state index is 0.000468. The van der Waals surface area contributed by atoms with Gasteiger partial charge in [-0.25, -0.2) is 4.79 Å². The Morgan fingerprint density at radius 3 is 2.56 bits per heavy atom. The molecule has 0 spiro atoms. The first kappa shape index (κ1) is 25.8. The fraction of sp³-hybridized carbons (Fsp3) is 0.357. The summed E-state index contributed by atoms with van der Waals surface area (Å²) >= 11 is 3.45. The van der Waals surface area contributed by atoms with Crippen LogP contribution in [0, 0.1) is 0 Å². The number of anilines is 3. The molecule has 190 valence electrons. The van der Waals surface area contributed by atoms with E-state index in [4.69, 9.17) is 4.42 Å². The summed E-state index contributed by atoms with van der Waals surface area (Å²) in [5, 5.41) is 5.74. The van der Waals surface area contributed by atoms with Crippen molar-refractivity contribution in [3.8, 4) is 0 Å². The van der Waals surface area contributed by atoms with Gasteiger partial charge in [-0.05, 0) is 84.1 Å². The number of benzene rings is 2. The molecule has 1 aliphatic rings. The highest BCUT2D eigenvalue weighted by Gasteiger charge is 2.24. The minimum Gasteiger partial charge on any atom is -0.467 e. The topological polar surface area (TPSA) is 77.8 Å². The van der Waals surface area contributed by atoms with E-state index in [-0.39, 0.29) is 11.9 Å². The van der Waals surface area contributed by atoms with E-state index in [9.17, 15) is 9.59 Å². The van der Waals surface area contributed by atoms with Gasteiger partial charge in [0.25, 0.3) is 5.91 Å². The molecule has 2 heterocycles. The molecular weight excluding hydrogens is 520 g/mol. The van der Waals surface area contributed by atoms with Crippen LogP contribution in [0.2, 0.25) is 0 Å². The lowest BCUT2D eigenvalue weighted by Gasteiger charge is -2.31. The van der Waals surface area contributed by atoms with E-state index in [1.807, 2.05) is 53.4 Å². The number of para-hydroxylation sites is 1. The zero-order valence-corrected chi connectivity index (χ0v) is 22.2. The van der Waals surface area contributed by atoms with Gasteiger partial charge < -0.3 is 24.9 Å². The predicted molar refractivity (Wildman–Crippen MR) is 148 cm³/mol. The van der Waals surface area contributed by atoms with Crippen molar-refractivity contribution in [2.24, 2.45) is 0 Å². The summed E-state index contributed by atoms with van der Waals surface area (Å²) in [4.78, 5) is 30.6. The fourth-order valence-corrected chi connectivity index (χ4v) is 4.78. The SMILES string of the molecule is CCCCN(Cc1ccco1)c1ccc(NC(=O)Nc2ccccc2Br)cc1C(=O)N1CCCCC1. The number of carbonyl (C=O) groups is 2. The first-order valence-electron chi connectivity index (χ1n) is 12.6. The van der Waals surface area contributed by atoms with Crippen molar-refractivity contribution in [1.82, 2.24) is 4.90 Å². The van der Waals surface area contributed by atoms with Crippen LogP contribution < -0.4 is 15.5 Å². The number of hydrogen-bond donors (Lipinski definition) is 2. The van der Waals surface area contributed by atoms with Gasteiger partial charge >= 0.3 is 6.03 Å². The Bertz CT molecular complexity index is 1160. The van der Waals surface area contributed by atoms with Gasteiger partial charge in [-0.1, -0.05) is 25.5 Å². The second-order valence-corrected chi connectivity index (χ2v) is 9.85. The van der Waals surface area contributed by atoms with Crippen molar-refractivity contribution in [3.05, 3.63) is 76.7 Å². The quantitative estimate of drug-likeness (QED) is 0.296. The largest absolute Gasteiger partial charge is 0.467 e. The van der Waals surface area contributed by atoms with Crippen LogP contribution in [-0.4, -0.2) is 36.5 Å². The standard InChI is InChI=1S/C28H33BrN4O3/c1-2-3-15-33(20-22-10-9-18-36-22)26-14-13-21(19-23(26)27(34)32-16-7-4-8-17-32)30-28(35)31-25-12-6-5-11-24(25)29/h5-6,9-14,18-19H,2-4,7-8,15-17,20H2,1H3,(H2,30,31,35). The normalized spacial score (nSPS) is 13.3. The number of likely N-dealkylation sites (tertiary alicyclic amines) is 1. The summed E-state index contributed by atoms with van der Waals surface area (Å²) in [5.41, 5.74) is 2.68. The number of carbonyl (C=O) groups excluding carboxylic acids is 2. The van der Waals surface area contributed by atoms with Crippen molar-refractivity contribution >= 4 is 44.9 Å². The number of hydrogen-bond acceptors (Lipinski definition) is 4. The van der Waals surface area contributed by atoms with Crippen molar-refractivity contribution in [2.45, 2.75) is 45.6 Å². The summed E-state index contributed by atoms with van der Waals surface area (Å²) < 4.78 is 6.41. The Morgan fingerprint density at radius 1 is 1.03 bits per heavy atom. The lowest BCUT2D eigenvalue weighted by molar-refractivity contribution is 0.0725. The van der Waals surface area contributed by atoms with Crippen LogP contribution in [0.5, 0.6) is 0 Å². The molecule has 0 bridgehead atoms. The maximum Gasteiger partial charge on any atom is 0.323 e. The Kier molecular flexibility index (Phi) is 9.06. The van der Waals surface area contributed by atoms with Crippen molar-refractivity contribution in [1.29, 1.82) is 0 Å². The molecule has 2 N–H and O–H groups in total. The van der Waals surface area contributed by atoms with Gasteiger partial charge in [-0.2, -0.15) is 0 Å². The summed E-state index contributed by atoms with van der Waals surface area (Å²) in [6.45, 7) is 5.04. The first-order chi connectivity index (χ1) is 17.5. The molecule has 8 heteroatoms. The molecule has 7 nitrogen and oxygen atoms in total. The molecule has 0 aliphatic carbocycles. The van der Waals surface area contributed by atoms with Gasteiger partial charge in [0.15, 0.2) is 0 Å². The predicted octanol–water partition coefficient (Wildman–Crippen LogP) is 7.12. The number of rotatable bonds is 9. The van der Waals surface area contributed by atoms with E-state index in [2.05, 4.69) is 38.4 Å². The van der Waals surface area contributed by atoms with E-state index in [0.29, 0.717) is 23.5 Å². The van der Waals surface area contributed by atoms with Gasteiger partial charge in [-0.3, -0.25) is 4.79 Å². The highest BCUT2D eigenvalue weighted by Crippen LogP contribution is 2.29. The molecular formula is C28H33BrN4O3. The van der Waals surface area contributed by atoms with Crippen LogP contribution in [0.4, 0.5) is 21.9 Å². The number of unbranched alkanes of at least 4 members (excludes halogenated alkanes) is 1. The van der Waals surface area contributed by atoms with Crippen LogP contribution in [0.3, 0.4) is 0 Å². The third kappa shape index (κ3) is 6.69. The molecule has 4 rings (SSSR count). The highest BCUT2D eigenvalue weighted by atomic mass is 79.9. The van der Waals surface area contributed by atoms with Gasteiger partial charge in [0.2, 0.25) is 0 Å². The molecule has 0 saturated carbocycles. The Hall–Kier alpha value is -3.26. The van der Waals surface area contributed by atoms with Gasteiger partial charge in [0, 0.05) is 29.8 Å². The monoisotopic (exact) mass is 552 g/mol. The van der Waals surface area contributed by atoms with E-state index in [0.717, 1.165) is 67.7 Å². The molecule has 36 heavy (non-hydrogen) atoms. The zero-order valence-electron chi connectivity index (χ0n) is 20.6. The number of amides is 3. The highest BCUT2D eigenvalue weighted by molar-refractivity contribution is 9.10. The third-order valence-electron chi connectivity index (χ3n) is 6.30. The molecule has 1 aliphatic heterocycles. The smallest absolute Gasteiger partial charge is 0.323 e. The average molecular weight is 554 g/mol. The Labute approximate surface area is 221 Å². The van der Waals surface area contributed by atoms with Crippen molar-refractivity contribution in [3.63, 3.8) is 0 Å². The molecule has 0 unspecified atom stereocenters. The van der Waals surface area contributed by atoms with E-state index >= 15 is 0 Å². The Balaban J connectivity index is 1.62. The molecule has 3 amide bonds. The number of nitrogens with one attached hydrogen (secondary N) is 2. The van der Waals surface area contributed by atoms with Gasteiger partial charge in [0.1, 0.15) is 5.76 Å². The lowest BCUT2D eigenvalue weighted by atomic mass is 10.1. The van der Waals surface area contributed by atoms with Crippen LogP contribution >= 0.6 is 15.9 Å². The summed E-state index contributed by atoms with van der Waals surface area (Å²) in [6.07, 6.45) is 6.88. The number of halogens is 1. The number of piperidine rings is 1. The molecule has 1 aromatic heterocycles. The van der Waals surface area contributed by atoms with E-state index in [1.165, 1.54) is 0 Å². The minimum atomic E-state index is -0.371. The second-order valence-electron chi connectivity index (χ2n) is 9.00. The van der Waals surface area contributed by atoms with Crippen LogP contribution in [0.1, 0.15) is 55.1 Å². The number of furan rings is 1. The first-order valence-corrected chi connectivity index (χ1v) is 13.4. The number of nitrogens with zero attached hydrogens (tertiary/aromatic N) is 2. The molecule has 1 saturated heterocycles. The summed E-state index contributed by atoms with van der Waals surface area (Å²) in [6, 6.07) is 16.5. The molecule has 1 fully saturated rings. The van der Waals surface area contributed by atoms with Crippen LogP contribution in [0.25, 0.3) is 0 Å². The average Bonchev–Trinajstić information content (AvgIpc) is 3.41. The lowest BCUT2D eigenvalue weighted by Crippen LogP contribution is -2.37. The maximum atomic E-state index is 13.7. The molecule has 2 aromatic carbocycles. The zero-order chi connectivity index (χ0) is 25.3. The van der Waals surface area contributed by atoms with E-state index in [1.54, 1.807) is 12.3 Å². The Morgan fingerprint density at radius 2 is 1.83 bits per heavy atom. The van der Waals surface area contributed by atoms with Crippen LogP contribution in [0.15, 0.2) is 69.8 Å². The third-order valence-corrected chi connectivity index (χ3v) is 6.99. The van der Waals surface area contributed by atoms with Gasteiger partial charge in [0.05, 0.1) is 29.7 Å². The second kappa shape index (κ2) is 12.6. The molecule has 3 aromatic rings. The maximum absolute atomic E-state index is 13.7. The van der Waals surface area contributed by atoms with E-state index < -0.39 is 0 Å². The summed E-state index contributed by atoms with van der Waals surface area (Å²) in [5.74, 6) is 0.845. The fourth-order valence-electron chi connectivity index (χ4n) is 4.40. The van der Waals surface area contributed by atoms with Crippen molar-refractivity contribution < 1.29 is 14.0 Å². The van der Waals surface area contributed by atoms with Crippen LogP contribution in [-0.2, 0) is 6.54 Å².